The lowest BCUT2D eigenvalue weighted by Gasteiger charge is -2.02. The van der Waals surface area contributed by atoms with E-state index < -0.39 is 0 Å². The number of hydrogen-bond donors (Lipinski definition) is 0. The van der Waals surface area contributed by atoms with Gasteiger partial charge in [0.25, 0.3) is 0 Å². The van der Waals surface area contributed by atoms with Gasteiger partial charge in [0.2, 0.25) is 0 Å². The number of thioether (sulfide) groups is 1. The van der Waals surface area contributed by atoms with Gasteiger partial charge < -0.3 is 0 Å². The molecule has 2 nitrogen and oxygen atoms in total. The smallest absolute Gasteiger partial charge is 0.190 e. The summed E-state index contributed by atoms with van der Waals surface area (Å²) in [5.41, 5.74) is 0.733. The molecule has 0 aliphatic carbocycles. The molecule has 1 heterocycles. The molecule has 66 valence electrons. The Bertz CT molecular complexity index is 272. The summed E-state index contributed by atoms with van der Waals surface area (Å²) in [4.78, 5) is 8.05. The van der Waals surface area contributed by atoms with E-state index in [4.69, 9.17) is 23.2 Å². The molecular weight excluding hydrogens is 283 g/mol. The van der Waals surface area contributed by atoms with Crippen molar-refractivity contribution in [2.75, 3.05) is 6.26 Å². The van der Waals surface area contributed by atoms with Crippen LogP contribution in [0.5, 0.6) is 0 Å². The first-order valence-corrected chi connectivity index (χ1v) is 6.11. The van der Waals surface area contributed by atoms with Crippen molar-refractivity contribution >= 4 is 50.9 Å². The summed E-state index contributed by atoms with van der Waals surface area (Å²) in [6.45, 7) is 0. The van der Waals surface area contributed by atoms with Gasteiger partial charge in [0.15, 0.2) is 5.16 Å². The second-order valence-electron chi connectivity index (χ2n) is 1.90. The molecule has 0 saturated heterocycles. The Morgan fingerprint density at radius 3 is 2.17 bits per heavy atom. The summed E-state index contributed by atoms with van der Waals surface area (Å²) in [5.74, 6) is 0. The maximum absolute atomic E-state index is 5.83. The van der Waals surface area contributed by atoms with Gasteiger partial charge in [-0.1, -0.05) is 50.9 Å². The van der Waals surface area contributed by atoms with E-state index in [9.17, 15) is 0 Å². The van der Waals surface area contributed by atoms with Crippen LogP contribution in [0.15, 0.2) is 5.16 Å². The van der Waals surface area contributed by atoms with Gasteiger partial charge in [0.1, 0.15) is 10.3 Å². The van der Waals surface area contributed by atoms with Gasteiger partial charge in [-0.25, -0.2) is 9.97 Å². The lowest BCUT2D eigenvalue weighted by Crippen LogP contribution is -1.93. The summed E-state index contributed by atoms with van der Waals surface area (Å²) >= 11 is 16.3. The van der Waals surface area contributed by atoms with Crippen LogP contribution in [0.3, 0.4) is 0 Å². The maximum Gasteiger partial charge on any atom is 0.190 e. The third kappa shape index (κ3) is 2.25. The number of nitrogens with zero attached hydrogens (tertiary/aromatic N) is 2. The van der Waals surface area contributed by atoms with Crippen molar-refractivity contribution in [1.29, 1.82) is 0 Å². The van der Waals surface area contributed by atoms with E-state index in [2.05, 4.69) is 25.9 Å². The minimum atomic E-state index is 0.413. The van der Waals surface area contributed by atoms with Gasteiger partial charge >= 0.3 is 0 Å². The summed E-state index contributed by atoms with van der Waals surface area (Å²) < 4.78 is 0. The molecule has 1 aromatic rings. The number of rotatable bonds is 2. The number of halogens is 3. The van der Waals surface area contributed by atoms with Gasteiger partial charge in [-0.15, -0.1) is 0 Å². The molecule has 0 aliphatic rings. The Morgan fingerprint density at radius 1 is 1.33 bits per heavy atom. The highest BCUT2D eigenvalue weighted by Crippen LogP contribution is 2.25. The van der Waals surface area contributed by atoms with Crippen molar-refractivity contribution in [3.05, 3.63) is 15.9 Å². The van der Waals surface area contributed by atoms with E-state index in [0.29, 0.717) is 20.8 Å². The molecule has 0 bridgehead atoms. The van der Waals surface area contributed by atoms with Crippen molar-refractivity contribution < 1.29 is 0 Å². The maximum atomic E-state index is 5.83. The number of alkyl halides is 1. The van der Waals surface area contributed by atoms with E-state index in [-0.39, 0.29) is 0 Å². The van der Waals surface area contributed by atoms with Crippen LogP contribution < -0.4 is 0 Å². The van der Waals surface area contributed by atoms with Crippen LogP contribution in [-0.4, -0.2) is 16.2 Å². The van der Waals surface area contributed by atoms with Gasteiger partial charge in [0, 0.05) is 10.9 Å². The van der Waals surface area contributed by atoms with Gasteiger partial charge in [-0.05, 0) is 6.26 Å². The van der Waals surface area contributed by atoms with Crippen LogP contribution >= 0.6 is 50.9 Å². The quantitative estimate of drug-likeness (QED) is 0.361. The largest absolute Gasteiger partial charge is 0.210 e. The number of aromatic nitrogens is 2. The summed E-state index contributed by atoms with van der Waals surface area (Å²) in [6, 6.07) is 0. The molecule has 0 radical (unpaired) electrons. The highest BCUT2D eigenvalue weighted by molar-refractivity contribution is 9.08. The molecule has 1 rings (SSSR count). The van der Waals surface area contributed by atoms with Crippen LogP contribution in [0.2, 0.25) is 10.3 Å². The second-order valence-corrected chi connectivity index (χ2v) is 3.95. The first-order valence-electron chi connectivity index (χ1n) is 3.01. The molecular formula is C6H5BrCl2N2S. The van der Waals surface area contributed by atoms with Crippen LogP contribution in [0.25, 0.3) is 0 Å². The van der Waals surface area contributed by atoms with Crippen LogP contribution in [0.4, 0.5) is 0 Å². The standard InChI is InChI=1S/C6H5BrCl2N2S/c1-12-6-10-4(8)3(2-7)5(9)11-6/h2H2,1H3. The summed E-state index contributed by atoms with van der Waals surface area (Å²) in [7, 11) is 0. The Labute approximate surface area is 93.2 Å². The van der Waals surface area contributed by atoms with E-state index in [1.807, 2.05) is 6.26 Å². The molecule has 0 amide bonds. The highest BCUT2D eigenvalue weighted by Gasteiger charge is 2.09. The number of hydrogen-bond acceptors (Lipinski definition) is 3. The fraction of sp³-hybridized carbons (Fsp3) is 0.333. The molecule has 0 saturated carbocycles. The molecule has 0 fully saturated rings. The Kier molecular flexibility index (Phi) is 4.10. The minimum absolute atomic E-state index is 0.413. The monoisotopic (exact) mass is 286 g/mol. The Balaban J connectivity index is 3.18. The normalized spacial score (nSPS) is 10.3. The van der Waals surface area contributed by atoms with Crippen LogP contribution in [-0.2, 0) is 5.33 Å². The van der Waals surface area contributed by atoms with Gasteiger partial charge in [-0.2, -0.15) is 0 Å². The fourth-order valence-electron chi connectivity index (χ4n) is 0.615. The highest BCUT2D eigenvalue weighted by atomic mass is 79.9. The molecule has 0 aromatic carbocycles. The molecule has 0 N–H and O–H groups in total. The molecule has 0 aliphatic heterocycles. The zero-order valence-electron chi connectivity index (χ0n) is 6.14. The lowest BCUT2D eigenvalue weighted by atomic mass is 10.4. The Morgan fingerprint density at radius 2 is 1.83 bits per heavy atom. The molecule has 6 heteroatoms. The summed E-state index contributed by atoms with van der Waals surface area (Å²) in [5, 5.41) is 1.99. The fourth-order valence-corrected chi connectivity index (χ4v) is 2.46. The predicted octanol–water partition coefficient (Wildman–Crippen LogP) is 3.40. The molecule has 12 heavy (non-hydrogen) atoms. The van der Waals surface area contributed by atoms with E-state index in [1.54, 1.807) is 0 Å². The van der Waals surface area contributed by atoms with Gasteiger partial charge in [-0.3, -0.25) is 0 Å². The average molecular weight is 288 g/mol. The van der Waals surface area contributed by atoms with E-state index in [0.717, 1.165) is 5.56 Å². The Hall–Kier alpha value is 0.490. The van der Waals surface area contributed by atoms with E-state index in [1.165, 1.54) is 11.8 Å². The summed E-state index contributed by atoms with van der Waals surface area (Å²) in [6.07, 6.45) is 1.87. The van der Waals surface area contributed by atoms with Crippen molar-refractivity contribution in [3.63, 3.8) is 0 Å². The van der Waals surface area contributed by atoms with Crippen LogP contribution in [0.1, 0.15) is 5.56 Å². The molecule has 0 spiro atoms. The van der Waals surface area contributed by atoms with Crippen molar-refractivity contribution in [3.8, 4) is 0 Å². The third-order valence-electron chi connectivity index (χ3n) is 1.20. The topological polar surface area (TPSA) is 25.8 Å². The SMILES string of the molecule is CSc1nc(Cl)c(CBr)c(Cl)n1. The molecule has 0 atom stereocenters. The minimum Gasteiger partial charge on any atom is -0.210 e. The van der Waals surface area contributed by atoms with Gasteiger partial charge in [0.05, 0.1) is 0 Å². The first-order chi connectivity index (χ1) is 5.69. The zero-order chi connectivity index (χ0) is 9.14. The molecule has 1 aromatic heterocycles. The first kappa shape index (κ1) is 10.6. The van der Waals surface area contributed by atoms with Crippen LogP contribution in [0, 0.1) is 0 Å². The molecule has 0 unspecified atom stereocenters. The zero-order valence-corrected chi connectivity index (χ0v) is 10.1. The average Bonchev–Trinajstić information content (AvgIpc) is 2.03. The lowest BCUT2D eigenvalue weighted by molar-refractivity contribution is 0.952. The van der Waals surface area contributed by atoms with Crippen molar-refractivity contribution in [2.45, 2.75) is 10.5 Å². The van der Waals surface area contributed by atoms with Crippen molar-refractivity contribution in [1.82, 2.24) is 9.97 Å². The van der Waals surface area contributed by atoms with Crippen molar-refractivity contribution in [2.24, 2.45) is 0 Å². The predicted molar refractivity (Wildman–Crippen MR) is 56.5 cm³/mol. The second kappa shape index (κ2) is 4.65. The van der Waals surface area contributed by atoms with E-state index >= 15 is 0 Å². The third-order valence-corrected chi connectivity index (χ3v) is 2.94.